The molecule has 2 amide bonds. The molecule has 0 fully saturated rings. The summed E-state index contributed by atoms with van der Waals surface area (Å²) >= 11 is 0. The zero-order chi connectivity index (χ0) is 25.0. The maximum atomic E-state index is 14.8. The number of nitrogens with zero attached hydrogens (tertiary/aromatic N) is 1. The molecule has 12 heteroatoms. The molecule has 1 heterocycles. The van der Waals surface area contributed by atoms with Gasteiger partial charge in [-0.15, -0.1) is 13.2 Å². The van der Waals surface area contributed by atoms with E-state index in [9.17, 15) is 27.2 Å². The van der Waals surface area contributed by atoms with Crippen LogP contribution in [0.25, 0.3) is 0 Å². The number of aryl methyl sites for hydroxylation is 1. The lowest BCUT2D eigenvalue weighted by molar-refractivity contribution is -0.274. The van der Waals surface area contributed by atoms with Gasteiger partial charge in [-0.3, -0.25) is 14.6 Å². The third kappa shape index (κ3) is 5.91. The fraction of sp³-hybridized carbons (Fsp3) is 0.136. The smallest absolute Gasteiger partial charge is 0.493 e. The van der Waals surface area contributed by atoms with Crippen LogP contribution in [0.5, 0.6) is 23.0 Å². The topological polar surface area (TPSA) is 113 Å². The van der Waals surface area contributed by atoms with Crippen molar-refractivity contribution >= 4 is 17.5 Å². The highest BCUT2D eigenvalue weighted by Crippen LogP contribution is 2.38. The highest BCUT2D eigenvalue weighted by molar-refractivity contribution is 6.07. The summed E-state index contributed by atoms with van der Waals surface area (Å²) in [5.41, 5.74) is 5.07. The van der Waals surface area contributed by atoms with Crippen LogP contribution in [0.1, 0.15) is 26.4 Å². The first-order valence-corrected chi connectivity index (χ1v) is 9.46. The number of ether oxygens (including phenoxy) is 3. The number of methoxy groups -OCH3 is 1. The number of benzene rings is 2. The summed E-state index contributed by atoms with van der Waals surface area (Å²) < 4.78 is 66.8. The van der Waals surface area contributed by atoms with Gasteiger partial charge in [0.25, 0.3) is 11.8 Å². The van der Waals surface area contributed by atoms with Gasteiger partial charge in [-0.25, -0.2) is 4.39 Å². The molecule has 0 radical (unpaired) electrons. The van der Waals surface area contributed by atoms with Crippen LogP contribution in [-0.2, 0) is 0 Å². The minimum atomic E-state index is -4.92. The zero-order valence-electron chi connectivity index (χ0n) is 17.7. The summed E-state index contributed by atoms with van der Waals surface area (Å²) in [5.74, 6) is -3.73. The predicted octanol–water partition coefficient (Wildman–Crippen LogP) is 4.58. The van der Waals surface area contributed by atoms with Crippen LogP contribution in [0, 0.1) is 12.7 Å². The Kier molecular flexibility index (Phi) is 6.89. The molecule has 0 aliphatic carbocycles. The molecule has 178 valence electrons. The fourth-order valence-electron chi connectivity index (χ4n) is 2.90. The Bertz CT molecular complexity index is 1250. The van der Waals surface area contributed by atoms with E-state index in [1.54, 1.807) is 6.92 Å². The third-order valence-electron chi connectivity index (χ3n) is 4.28. The number of primary amides is 1. The molecule has 0 spiro atoms. The van der Waals surface area contributed by atoms with Crippen molar-refractivity contribution < 1.29 is 41.4 Å². The van der Waals surface area contributed by atoms with Crippen LogP contribution in [0.2, 0.25) is 0 Å². The number of nitrogens with two attached hydrogens (primary N) is 1. The molecule has 8 nitrogen and oxygen atoms in total. The van der Waals surface area contributed by atoms with E-state index < -0.39 is 35.3 Å². The molecule has 0 aliphatic rings. The average molecular weight is 479 g/mol. The number of anilines is 1. The van der Waals surface area contributed by atoms with Gasteiger partial charge in [0, 0.05) is 18.0 Å². The van der Waals surface area contributed by atoms with Gasteiger partial charge in [-0.05, 0) is 48.9 Å². The Labute approximate surface area is 190 Å². The summed E-state index contributed by atoms with van der Waals surface area (Å²) in [6, 6.07) is 8.04. The summed E-state index contributed by atoms with van der Waals surface area (Å²) in [5, 5.41) is 2.42. The molecule has 0 saturated carbocycles. The highest BCUT2D eigenvalue weighted by Gasteiger charge is 2.31. The minimum Gasteiger partial charge on any atom is -0.493 e. The van der Waals surface area contributed by atoms with Gasteiger partial charge >= 0.3 is 6.36 Å². The number of hydrogen-bond acceptors (Lipinski definition) is 6. The van der Waals surface area contributed by atoms with Crippen LogP contribution in [-0.4, -0.2) is 30.3 Å². The number of alkyl halides is 3. The van der Waals surface area contributed by atoms with Gasteiger partial charge in [-0.2, -0.15) is 0 Å². The molecule has 0 atom stereocenters. The van der Waals surface area contributed by atoms with Crippen molar-refractivity contribution in [1.82, 2.24) is 4.98 Å². The second-order valence-corrected chi connectivity index (χ2v) is 6.83. The fourth-order valence-corrected chi connectivity index (χ4v) is 2.90. The SMILES string of the molecule is COc1cc(OC(F)(F)F)ccc1Oc1cc(C)cc(F)c1C(=O)Nc1ccnc(C(N)=O)c1. The minimum absolute atomic E-state index is 0.101. The standard InChI is InChI=1S/C22H17F4N3O5/c1-11-7-14(23)19(21(31)29-12-5-6-28-15(9-12)20(27)30)18(8-11)33-16-4-3-13(10-17(16)32-2)34-22(24,25)26/h3-10H,1-2H3,(H2,27,30)(H,28,29,31). The summed E-state index contributed by atoms with van der Waals surface area (Å²) in [4.78, 5) is 27.9. The lowest BCUT2D eigenvalue weighted by atomic mass is 10.1. The largest absolute Gasteiger partial charge is 0.573 e. The Morgan fingerprint density at radius 2 is 1.76 bits per heavy atom. The lowest BCUT2D eigenvalue weighted by Crippen LogP contribution is -2.17. The van der Waals surface area contributed by atoms with E-state index in [2.05, 4.69) is 15.0 Å². The third-order valence-corrected chi connectivity index (χ3v) is 4.28. The van der Waals surface area contributed by atoms with Crippen molar-refractivity contribution in [3.8, 4) is 23.0 Å². The average Bonchev–Trinajstić information content (AvgIpc) is 2.73. The van der Waals surface area contributed by atoms with Gasteiger partial charge in [0.05, 0.1) is 7.11 Å². The monoisotopic (exact) mass is 479 g/mol. The van der Waals surface area contributed by atoms with Gasteiger partial charge in [0.15, 0.2) is 11.5 Å². The number of nitrogens with one attached hydrogen (secondary N) is 1. The zero-order valence-corrected chi connectivity index (χ0v) is 17.7. The second kappa shape index (κ2) is 9.65. The number of amides is 2. The molecule has 2 aromatic carbocycles. The Morgan fingerprint density at radius 3 is 2.41 bits per heavy atom. The Morgan fingerprint density at radius 1 is 1.03 bits per heavy atom. The molecule has 0 bridgehead atoms. The molecule has 34 heavy (non-hydrogen) atoms. The molecule has 3 N–H and O–H groups in total. The number of hydrogen-bond donors (Lipinski definition) is 2. The highest BCUT2D eigenvalue weighted by atomic mass is 19.4. The van der Waals surface area contributed by atoms with Crippen molar-refractivity contribution in [3.05, 3.63) is 71.3 Å². The van der Waals surface area contributed by atoms with E-state index in [0.29, 0.717) is 5.56 Å². The quantitative estimate of drug-likeness (QED) is 0.480. The number of carbonyl (C=O) groups is 2. The molecule has 0 saturated heterocycles. The number of carbonyl (C=O) groups excluding carboxylic acids is 2. The maximum Gasteiger partial charge on any atom is 0.573 e. The summed E-state index contributed by atoms with van der Waals surface area (Å²) in [7, 11) is 1.18. The van der Waals surface area contributed by atoms with E-state index in [0.717, 1.165) is 24.3 Å². The van der Waals surface area contributed by atoms with E-state index in [-0.39, 0.29) is 28.6 Å². The number of rotatable bonds is 7. The molecule has 1 aromatic heterocycles. The maximum absolute atomic E-state index is 14.8. The van der Waals surface area contributed by atoms with Crippen LogP contribution >= 0.6 is 0 Å². The second-order valence-electron chi connectivity index (χ2n) is 6.83. The summed E-state index contributed by atoms with van der Waals surface area (Å²) in [6.45, 7) is 1.55. The molecule has 3 aromatic rings. The first-order valence-electron chi connectivity index (χ1n) is 9.46. The first-order chi connectivity index (χ1) is 16.0. The number of halogens is 4. The Hall–Kier alpha value is -4.35. The normalized spacial score (nSPS) is 11.0. The van der Waals surface area contributed by atoms with Crippen molar-refractivity contribution in [1.29, 1.82) is 0 Å². The van der Waals surface area contributed by atoms with Crippen LogP contribution < -0.4 is 25.3 Å². The van der Waals surface area contributed by atoms with E-state index in [1.807, 2.05) is 0 Å². The molecular formula is C22H17F4N3O5. The van der Waals surface area contributed by atoms with E-state index >= 15 is 0 Å². The number of aromatic nitrogens is 1. The van der Waals surface area contributed by atoms with E-state index in [4.69, 9.17) is 15.2 Å². The molecular weight excluding hydrogens is 462 g/mol. The van der Waals surface area contributed by atoms with Gasteiger partial charge < -0.3 is 25.3 Å². The summed E-state index contributed by atoms with van der Waals surface area (Å²) in [6.07, 6.45) is -3.69. The lowest BCUT2D eigenvalue weighted by Gasteiger charge is -2.16. The van der Waals surface area contributed by atoms with Crippen molar-refractivity contribution in [3.63, 3.8) is 0 Å². The van der Waals surface area contributed by atoms with Gasteiger partial charge in [0.2, 0.25) is 0 Å². The van der Waals surface area contributed by atoms with Crippen LogP contribution in [0.4, 0.5) is 23.2 Å². The van der Waals surface area contributed by atoms with Crippen molar-refractivity contribution in [2.45, 2.75) is 13.3 Å². The van der Waals surface area contributed by atoms with Crippen LogP contribution in [0.3, 0.4) is 0 Å². The molecule has 0 unspecified atom stereocenters. The molecule has 3 rings (SSSR count). The van der Waals surface area contributed by atoms with Crippen molar-refractivity contribution in [2.75, 3.05) is 12.4 Å². The molecule has 0 aliphatic heterocycles. The Balaban J connectivity index is 1.95. The van der Waals surface area contributed by atoms with E-state index in [1.165, 1.54) is 31.5 Å². The van der Waals surface area contributed by atoms with Crippen molar-refractivity contribution in [2.24, 2.45) is 5.73 Å². The number of pyridine rings is 1. The first kappa shape index (κ1) is 24.3. The van der Waals surface area contributed by atoms with Crippen LogP contribution in [0.15, 0.2) is 48.7 Å². The van der Waals surface area contributed by atoms with Gasteiger partial charge in [0.1, 0.15) is 28.6 Å². The predicted molar refractivity (Wildman–Crippen MR) is 112 cm³/mol. The van der Waals surface area contributed by atoms with Gasteiger partial charge in [-0.1, -0.05) is 0 Å².